The summed E-state index contributed by atoms with van der Waals surface area (Å²) >= 11 is 0. The summed E-state index contributed by atoms with van der Waals surface area (Å²) < 4.78 is 27.5. The predicted octanol–water partition coefficient (Wildman–Crippen LogP) is 3.50. The van der Waals surface area contributed by atoms with Gasteiger partial charge in [0.2, 0.25) is 10.0 Å². The zero-order chi connectivity index (χ0) is 16.8. The van der Waals surface area contributed by atoms with Gasteiger partial charge in [-0.2, -0.15) is 0 Å². The van der Waals surface area contributed by atoms with Crippen molar-refractivity contribution in [3.8, 4) is 0 Å². The van der Waals surface area contributed by atoms with Crippen molar-refractivity contribution in [2.24, 2.45) is 0 Å². The predicted molar refractivity (Wildman–Crippen MR) is 97.7 cm³/mol. The molecule has 24 heavy (non-hydrogen) atoms. The van der Waals surface area contributed by atoms with E-state index < -0.39 is 10.0 Å². The van der Waals surface area contributed by atoms with Gasteiger partial charge in [0, 0.05) is 6.54 Å². The van der Waals surface area contributed by atoms with Gasteiger partial charge in [-0.05, 0) is 75.4 Å². The molecule has 1 aromatic rings. The van der Waals surface area contributed by atoms with Crippen LogP contribution in [0.25, 0.3) is 0 Å². The van der Waals surface area contributed by atoms with E-state index in [9.17, 15) is 8.42 Å². The lowest BCUT2D eigenvalue weighted by Gasteiger charge is -2.22. The molecule has 5 heteroatoms. The van der Waals surface area contributed by atoms with Crippen molar-refractivity contribution < 1.29 is 8.42 Å². The van der Waals surface area contributed by atoms with Crippen molar-refractivity contribution >= 4 is 10.0 Å². The van der Waals surface area contributed by atoms with Gasteiger partial charge in [-0.3, -0.25) is 0 Å². The number of nitrogens with zero attached hydrogens (tertiary/aromatic N) is 1. The minimum atomic E-state index is -3.37. The first-order valence-corrected chi connectivity index (χ1v) is 11.0. The van der Waals surface area contributed by atoms with Gasteiger partial charge in [0.1, 0.15) is 0 Å². The molecule has 3 rings (SSSR count). The Kier molecular flexibility index (Phi) is 6.31. The van der Waals surface area contributed by atoms with E-state index in [1.165, 1.54) is 50.5 Å². The second kappa shape index (κ2) is 8.45. The molecule has 0 bridgehead atoms. The lowest BCUT2D eigenvalue weighted by molar-refractivity contribution is 0.334. The molecule has 1 saturated carbocycles. The average Bonchev–Trinajstić information content (AvgIpc) is 3.13. The van der Waals surface area contributed by atoms with Gasteiger partial charge in [-0.1, -0.05) is 31.4 Å². The first kappa shape index (κ1) is 17.9. The van der Waals surface area contributed by atoms with Crippen LogP contribution in [0, 0.1) is 0 Å². The van der Waals surface area contributed by atoms with Crippen LogP contribution < -0.4 is 4.72 Å². The first-order valence-electron chi connectivity index (χ1n) is 9.47. The molecule has 2 fully saturated rings. The van der Waals surface area contributed by atoms with Crippen molar-refractivity contribution in [1.29, 1.82) is 0 Å². The summed E-state index contributed by atoms with van der Waals surface area (Å²) in [5.74, 6) is 0.615. The number of benzene rings is 1. The fourth-order valence-corrected chi connectivity index (χ4v) is 5.03. The summed E-state index contributed by atoms with van der Waals surface area (Å²) in [4.78, 5) is 2.80. The lowest BCUT2D eigenvalue weighted by atomic mass is 9.84. The molecule has 4 nitrogen and oxygen atoms in total. The van der Waals surface area contributed by atoms with Crippen molar-refractivity contribution in [2.75, 3.05) is 26.2 Å². The van der Waals surface area contributed by atoms with Crippen LogP contribution in [0.3, 0.4) is 0 Å². The summed E-state index contributed by atoms with van der Waals surface area (Å²) in [6.07, 6.45) is 9.83. The molecule has 0 atom stereocenters. The minimum Gasteiger partial charge on any atom is -0.303 e. The molecule has 0 amide bonds. The highest BCUT2D eigenvalue weighted by Gasteiger charge is 2.18. The molecule has 1 heterocycles. The number of hydrogen-bond acceptors (Lipinski definition) is 3. The van der Waals surface area contributed by atoms with Crippen LogP contribution in [0.5, 0.6) is 0 Å². The maximum absolute atomic E-state index is 12.4. The topological polar surface area (TPSA) is 49.4 Å². The molecule has 0 radical (unpaired) electrons. The van der Waals surface area contributed by atoms with E-state index in [1.807, 2.05) is 12.1 Å². The van der Waals surface area contributed by atoms with Crippen LogP contribution in [-0.2, 0) is 10.0 Å². The summed E-state index contributed by atoms with van der Waals surface area (Å²) in [5, 5.41) is 0. The summed E-state index contributed by atoms with van der Waals surface area (Å²) in [7, 11) is -3.37. The van der Waals surface area contributed by atoms with Crippen molar-refractivity contribution in [1.82, 2.24) is 9.62 Å². The average molecular weight is 351 g/mol. The Morgan fingerprint density at radius 1 is 0.958 bits per heavy atom. The van der Waals surface area contributed by atoms with Crippen LogP contribution in [-0.4, -0.2) is 39.5 Å². The molecule has 0 aromatic heterocycles. The smallest absolute Gasteiger partial charge is 0.240 e. The number of hydrogen-bond donors (Lipinski definition) is 1. The van der Waals surface area contributed by atoms with Crippen LogP contribution in [0.1, 0.15) is 62.8 Å². The molecule has 1 N–H and O–H groups in total. The summed E-state index contributed by atoms with van der Waals surface area (Å²) in [6.45, 7) is 3.83. The molecule has 0 spiro atoms. The van der Waals surface area contributed by atoms with E-state index in [1.54, 1.807) is 12.1 Å². The van der Waals surface area contributed by atoms with E-state index in [0.29, 0.717) is 17.4 Å². The Hall–Kier alpha value is -0.910. The van der Waals surface area contributed by atoms with E-state index in [-0.39, 0.29) is 0 Å². The molecule has 1 aliphatic carbocycles. The highest BCUT2D eigenvalue weighted by atomic mass is 32.2. The third kappa shape index (κ3) is 4.80. The molecule has 0 unspecified atom stereocenters. The third-order valence-electron chi connectivity index (χ3n) is 5.41. The summed E-state index contributed by atoms with van der Waals surface area (Å²) in [5.41, 5.74) is 1.29. The Morgan fingerprint density at radius 2 is 1.62 bits per heavy atom. The standard InChI is InChI=1S/C19H30N2O2S/c22-24(23,20-13-6-16-21-14-4-5-15-21)19-11-9-18(10-12-19)17-7-2-1-3-8-17/h9-12,17,20H,1-8,13-16H2. The zero-order valence-electron chi connectivity index (χ0n) is 14.5. The normalized spacial score (nSPS) is 20.5. The van der Waals surface area contributed by atoms with Crippen LogP contribution in [0.2, 0.25) is 0 Å². The van der Waals surface area contributed by atoms with Crippen LogP contribution >= 0.6 is 0 Å². The third-order valence-corrected chi connectivity index (χ3v) is 6.89. The quantitative estimate of drug-likeness (QED) is 0.766. The Morgan fingerprint density at radius 3 is 2.29 bits per heavy atom. The highest BCUT2D eigenvalue weighted by Crippen LogP contribution is 2.32. The van der Waals surface area contributed by atoms with Gasteiger partial charge in [0.15, 0.2) is 0 Å². The number of nitrogens with one attached hydrogen (secondary N) is 1. The Labute approximate surface area is 146 Å². The second-order valence-corrected chi connectivity index (χ2v) is 8.97. The maximum Gasteiger partial charge on any atom is 0.240 e. The van der Waals surface area contributed by atoms with E-state index in [0.717, 1.165) is 26.1 Å². The molecular weight excluding hydrogens is 320 g/mol. The molecule has 1 saturated heterocycles. The van der Waals surface area contributed by atoms with Gasteiger partial charge in [0.25, 0.3) is 0 Å². The minimum absolute atomic E-state index is 0.392. The molecular formula is C19H30N2O2S. The monoisotopic (exact) mass is 350 g/mol. The van der Waals surface area contributed by atoms with Gasteiger partial charge < -0.3 is 4.90 Å². The van der Waals surface area contributed by atoms with Gasteiger partial charge >= 0.3 is 0 Å². The zero-order valence-corrected chi connectivity index (χ0v) is 15.4. The van der Waals surface area contributed by atoms with Crippen LogP contribution in [0.4, 0.5) is 0 Å². The SMILES string of the molecule is O=S(=O)(NCCCN1CCCC1)c1ccc(C2CCCCC2)cc1. The molecule has 134 valence electrons. The van der Waals surface area contributed by atoms with Gasteiger partial charge in [-0.25, -0.2) is 13.1 Å². The van der Waals surface area contributed by atoms with Gasteiger partial charge in [0.05, 0.1) is 4.90 Å². The van der Waals surface area contributed by atoms with Crippen molar-refractivity contribution in [2.45, 2.75) is 62.2 Å². The largest absolute Gasteiger partial charge is 0.303 e. The number of likely N-dealkylation sites (tertiary alicyclic amines) is 1. The number of sulfonamides is 1. The number of rotatable bonds is 7. The summed E-state index contributed by atoms with van der Waals surface area (Å²) in [6, 6.07) is 7.56. The Balaban J connectivity index is 1.50. The highest BCUT2D eigenvalue weighted by molar-refractivity contribution is 7.89. The van der Waals surface area contributed by atoms with E-state index in [4.69, 9.17) is 0 Å². The van der Waals surface area contributed by atoms with E-state index in [2.05, 4.69) is 9.62 Å². The van der Waals surface area contributed by atoms with Crippen molar-refractivity contribution in [3.05, 3.63) is 29.8 Å². The Bertz CT molecular complexity index is 601. The fraction of sp³-hybridized carbons (Fsp3) is 0.684. The van der Waals surface area contributed by atoms with E-state index >= 15 is 0 Å². The fourth-order valence-electron chi connectivity index (χ4n) is 3.95. The molecule has 2 aliphatic rings. The van der Waals surface area contributed by atoms with Gasteiger partial charge in [-0.15, -0.1) is 0 Å². The van der Waals surface area contributed by atoms with Crippen LogP contribution in [0.15, 0.2) is 29.2 Å². The molecule has 1 aliphatic heterocycles. The molecule has 1 aromatic carbocycles. The maximum atomic E-state index is 12.4. The van der Waals surface area contributed by atoms with Crippen molar-refractivity contribution in [3.63, 3.8) is 0 Å². The second-order valence-electron chi connectivity index (χ2n) is 7.20. The lowest BCUT2D eigenvalue weighted by Crippen LogP contribution is -2.28. The first-order chi connectivity index (χ1) is 11.6.